The number of rotatable bonds is 2. The Morgan fingerprint density at radius 3 is 2.71 bits per heavy atom. The summed E-state index contributed by atoms with van der Waals surface area (Å²) in [5.74, 6) is 0.523. The summed E-state index contributed by atoms with van der Waals surface area (Å²) in [6.07, 6.45) is 8.00. The van der Waals surface area contributed by atoms with E-state index < -0.39 is 0 Å². The van der Waals surface area contributed by atoms with Gasteiger partial charge in [0.25, 0.3) is 0 Å². The van der Waals surface area contributed by atoms with E-state index in [4.69, 9.17) is 0 Å². The van der Waals surface area contributed by atoms with Gasteiger partial charge in [-0.15, -0.1) is 5.10 Å². The van der Waals surface area contributed by atoms with Crippen molar-refractivity contribution in [2.75, 3.05) is 18.0 Å². The van der Waals surface area contributed by atoms with Crippen molar-refractivity contribution in [3.05, 3.63) is 42.5 Å². The van der Waals surface area contributed by atoms with E-state index in [0.717, 1.165) is 30.7 Å². The summed E-state index contributed by atoms with van der Waals surface area (Å²) in [7, 11) is 0. The standard InChI is InChI=1S/C17H17N7/c1-12-8-14(24-7-6-21-22-24)11-23(10-12)15-3-2-13(9-18)16-17(15)20-5-4-19-16/h2-7,12,14H,8,10-11H2,1H3. The summed E-state index contributed by atoms with van der Waals surface area (Å²) >= 11 is 0. The minimum Gasteiger partial charge on any atom is -0.367 e. The Bertz CT molecular complexity index is 897. The van der Waals surface area contributed by atoms with E-state index in [2.05, 4.69) is 38.2 Å². The summed E-state index contributed by atoms with van der Waals surface area (Å²) in [4.78, 5) is 11.2. The van der Waals surface area contributed by atoms with E-state index in [1.807, 2.05) is 23.0 Å². The molecule has 7 heteroatoms. The molecule has 2 atom stereocenters. The van der Waals surface area contributed by atoms with Crippen molar-refractivity contribution < 1.29 is 0 Å². The molecule has 1 saturated heterocycles. The molecular weight excluding hydrogens is 302 g/mol. The normalized spacial score (nSPS) is 20.9. The van der Waals surface area contributed by atoms with E-state index >= 15 is 0 Å². The molecule has 2 aromatic heterocycles. The minimum atomic E-state index is 0.276. The van der Waals surface area contributed by atoms with Crippen LogP contribution >= 0.6 is 0 Å². The van der Waals surface area contributed by atoms with Gasteiger partial charge in [0.05, 0.1) is 23.5 Å². The molecule has 1 aliphatic heterocycles. The van der Waals surface area contributed by atoms with Crippen LogP contribution in [0.15, 0.2) is 36.9 Å². The number of benzene rings is 1. The van der Waals surface area contributed by atoms with Gasteiger partial charge in [-0.1, -0.05) is 12.1 Å². The molecule has 1 aliphatic rings. The molecule has 7 nitrogen and oxygen atoms in total. The lowest BCUT2D eigenvalue weighted by Crippen LogP contribution is -2.41. The number of aromatic nitrogens is 5. The van der Waals surface area contributed by atoms with Crippen LogP contribution in [0.2, 0.25) is 0 Å². The zero-order valence-electron chi connectivity index (χ0n) is 13.4. The smallest absolute Gasteiger partial charge is 0.113 e. The second kappa shape index (κ2) is 5.89. The van der Waals surface area contributed by atoms with Gasteiger partial charge in [0.15, 0.2) is 0 Å². The van der Waals surface area contributed by atoms with E-state index in [9.17, 15) is 5.26 Å². The highest BCUT2D eigenvalue weighted by Gasteiger charge is 2.28. The first kappa shape index (κ1) is 14.6. The van der Waals surface area contributed by atoms with Crippen LogP contribution in [0.5, 0.6) is 0 Å². The molecule has 0 amide bonds. The second-order valence-electron chi connectivity index (χ2n) is 6.28. The van der Waals surface area contributed by atoms with E-state index in [1.54, 1.807) is 18.6 Å². The first-order valence-corrected chi connectivity index (χ1v) is 8.01. The van der Waals surface area contributed by atoms with Crippen LogP contribution in [0.25, 0.3) is 11.0 Å². The molecule has 3 heterocycles. The Morgan fingerprint density at radius 1 is 1.12 bits per heavy atom. The second-order valence-corrected chi connectivity index (χ2v) is 6.28. The molecule has 24 heavy (non-hydrogen) atoms. The molecule has 0 saturated carbocycles. The van der Waals surface area contributed by atoms with Crippen molar-refractivity contribution in [3.63, 3.8) is 0 Å². The zero-order valence-corrected chi connectivity index (χ0v) is 13.4. The molecule has 0 bridgehead atoms. The Labute approximate surface area is 139 Å². The van der Waals surface area contributed by atoms with Crippen molar-refractivity contribution in [1.29, 1.82) is 5.26 Å². The van der Waals surface area contributed by atoms with Crippen LogP contribution in [0, 0.1) is 17.2 Å². The van der Waals surface area contributed by atoms with Gasteiger partial charge in [-0.2, -0.15) is 5.26 Å². The van der Waals surface area contributed by atoms with Gasteiger partial charge >= 0.3 is 0 Å². The fourth-order valence-electron chi connectivity index (χ4n) is 3.51. The number of piperidine rings is 1. The lowest BCUT2D eigenvalue weighted by molar-refractivity contribution is 0.309. The summed E-state index contributed by atoms with van der Waals surface area (Å²) < 4.78 is 1.93. The Morgan fingerprint density at radius 2 is 1.96 bits per heavy atom. The highest BCUT2D eigenvalue weighted by atomic mass is 15.4. The van der Waals surface area contributed by atoms with Gasteiger partial charge in [0.1, 0.15) is 17.1 Å². The van der Waals surface area contributed by atoms with Crippen molar-refractivity contribution in [1.82, 2.24) is 25.0 Å². The number of anilines is 1. The third-order valence-corrected chi connectivity index (χ3v) is 4.52. The number of hydrogen-bond acceptors (Lipinski definition) is 6. The van der Waals surface area contributed by atoms with Crippen LogP contribution in [0.3, 0.4) is 0 Å². The average molecular weight is 319 g/mol. The number of nitriles is 1. The van der Waals surface area contributed by atoms with E-state index in [0.29, 0.717) is 17.0 Å². The highest BCUT2D eigenvalue weighted by molar-refractivity contribution is 5.91. The number of nitrogens with zero attached hydrogens (tertiary/aromatic N) is 7. The van der Waals surface area contributed by atoms with Gasteiger partial charge in [0, 0.05) is 31.7 Å². The van der Waals surface area contributed by atoms with Crippen LogP contribution in [-0.2, 0) is 0 Å². The third kappa shape index (κ3) is 2.46. The van der Waals surface area contributed by atoms with Gasteiger partial charge in [-0.25, -0.2) is 4.68 Å². The maximum absolute atomic E-state index is 9.30. The summed E-state index contributed by atoms with van der Waals surface area (Å²) in [6, 6.07) is 6.28. The van der Waals surface area contributed by atoms with Gasteiger partial charge in [0.2, 0.25) is 0 Å². The van der Waals surface area contributed by atoms with Gasteiger partial charge in [-0.3, -0.25) is 9.97 Å². The van der Waals surface area contributed by atoms with Crippen molar-refractivity contribution in [3.8, 4) is 6.07 Å². The van der Waals surface area contributed by atoms with Crippen LogP contribution in [0.1, 0.15) is 24.9 Å². The molecule has 0 spiro atoms. The summed E-state index contributed by atoms with van der Waals surface area (Å²) in [5, 5.41) is 17.4. The molecule has 120 valence electrons. The first-order valence-electron chi connectivity index (χ1n) is 8.01. The average Bonchev–Trinajstić information content (AvgIpc) is 3.15. The largest absolute Gasteiger partial charge is 0.367 e. The Kier molecular flexibility index (Phi) is 3.58. The maximum atomic E-state index is 9.30. The lowest BCUT2D eigenvalue weighted by atomic mass is 9.95. The molecule has 2 unspecified atom stereocenters. The fraction of sp³-hybridized carbons (Fsp3) is 0.353. The first-order chi connectivity index (χ1) is 11.8. The monoisotopic (exact) mass is 319 g/mol. The number of fused-ring (bicyclic) bond motifs is 1. The molecule has 0 radical (unpaired) electrons. The van der Waals surface area contributed by atoms with Crippen molar-refractivity contribution >= 4 is 16.7 Å². The van der Waals surface area contributed by atoms with Crippen LogP contribution in [-0.4, -0.2) is 38.1 Å². The predicted molar refractivity (Wildman–Crippen MR) is 89.3 cm³/mol. The molecule has 1 aromatic carbocycles. The SMILES string of the molecule is CC1CC(n2ccnn2)CN(c2ccc(C#N)c3nccnc23)C1. The Balaban J connectivity index is 1.75. The summed E-state index contributed by atoms with van der Waals surface area (Å²) in [6.45, 7) is 4.03. The van der Waals surface area contributed by atoms with Gasteiger partial charge < -0.3 is 4.90 Å². The van der Waals surface area contributed by atoms with E-state index in [1.165, 1.54) is 0 Å². The fourth-order valence-corrected chi connectivity index (χ4v) is 3.51. The molecule has 3 aromatic rings. The topological polar surface area (TPSA) is 83.5 Å². The summed E-state index contributed by atoms with van der Waals surface area (Å²) in [5.41, 5.74) is 3.02. The van der Waals surface area contributed by atoms with Crippen LogP contribution in [0.4, 0.5) is 5.69 Å². The van der Waals surface area contributed by atoms with E-state index in [-0.39, 0.29) is 6.04 Å². The molecule has 4 rings (SSSR count). The molecular formula is C17H17N7. The highest BCUT2D eigenvalue weighted by Crippen LogP contribution is 2.32. The van der Waals surface area contributed by atoms with Gasteiger partial charge in [-0.05, 0) is 24.5 Å². The van der Waals surface area contributed by atoms with Crippen LogP contribution < -0.4 is 4.90 Å². The molecule has 0 N–H and O–H groups in total. The molecule has 1 fully saturated rings. The number of hydrogen-bond donors (Lipinski definition) is 0. The minimum absolute atomic E-state index is 0.276. The van der Waals surface area contributed by atoms with Crippen molar-refractivity contribution in [2.45, 2.75) is 19.4 Å². The van der Waals surface area contributed by atoms with Crippen molar-refractivity contribution in [2.24, 2.45) is 5.92 Å². The molecule has 0 aliphatic carbocycles. The quantitative estimate of drug-likeness (QED) is 0.720. The Hall–Kier alpha value is -3.01. The maximum Gasteiger partial charge on any atom is 0.113 e. The predicted octanol–water partition coefficient (Wildman–Crippen LogP) is 2.18. The third-order valence-electron chi connectivity index (χ3n) is 4.52. The zero-order chi connectivity index (χ0) is 16.5. The lowest BCUT2D eigenvalue weighted by Gasteiger charge is -2.38.